The number of halogens is 1. The van der Waals surface area contributed by atoms with Gasteiger partial charge in [-0.2, -0.15) is 0 Å². The molecule has 1 aliphatic heterocycles. The largest absolute Gasteiger partial charge is 0.489 e. The number of aromatic carboxylic acids is 1. The van der Waals surface area contributed by atoms with Gasteiger partial charge in [-0.25, -0.2) is 4.79 Å². The Morgan fingerprint density at radius 2 is 2.00 bits per heavy atom. The van der Waals surface area contributed by atoms with Crippen LogP contribution >= 0.6 is 11.6 Å². The van der Waals surface area contributed by atoms with Gasteiger partial charge in [-0.15, -0.1) is 0 Å². The minimum atomic E-state index is -1.25. The molecule has 2 heterocycles. The molecule has 4 rings (SSSR count). The highest BCUT2D eigenvalue weighted by Crippen LogP contribution is 2.46. The second-order valence-electron chi connectivity index (χ2n) is 9.49. The van der Waals surface area contributed by atoms with E-state index in [2.05, 4.69) is 13.8 Å². The van der Waals surface area contributed by atoms with E-state index in [9.17, 15) is 19.8 Å². The zero-order valence-corrected chi connectivity index (χ0v) is 19.2. The number of pyridine rings is 1. The Kier molecular flexibility index (Phi) is 6.09. The number of aromatic nitrogens is 1. The van der Waals surface area contributed by atoms with E-state index in [4.69, 9.17) is 21.1 Å². The SMILES string of the molecule is COCC(C)(C)[C@@H]1Cc2cc(OC3CC(CO)C3)c(Cl)cc2-c2cc(=O)c(C(=O)O)cn21. The first-order chi connectivity index (χ1) is 15.1. The van der Waals surface area contributed by atoms with Gasteiger partial charge < -0.3 is 24.3 Å². The summed E-state index contributed by atoms with van der Waals surface area (Å²) in [4.78, 5) is 24.2. The number of hydrogen-bond donors (Lipinski definition) is 2. The molecule has 0 unspecified atom stereocenters. The van der Waals surface area contributed by atoms with Gasteiger partial charge >= 0.3 is 5.97 Å². The lowest BCUT2D eigenvalue weighted by Gasteiger charge is -2.41. The predicted molar refractivity (Wildman–Crippen MR) is 121 cm³/mol. The number of aliphatic hydroxyl groups is 1. The van der Waals surface area contributed by atoms with Crippen molar-refractivity contribution in [2.24, 2.45) is 11.3 Å². The van der Waals surface area contributed by atoms with Crippen molar-refractivity contribution in [3.05, 3.63) is 50.8 Å². The third-order valence-corrected chi connectivity index (χ3v) is 6.95. The maximum atomic E-state index is 12.5. The molecule has 1 aromatic carbocycles. The summed E-state index contributed by atoms with van der Waals surface area (Å²) in [5.41, 5.74) is 1.27. The van der Waals surface area contributed by atoms with Crippen LogP contribution in [0.3, 0.4) is 0 Å². The number of rotatable bonds is 7. The summed E-state index contributed by atoms with van der Waals surface area (Å²) >= 11 is 6.54. The van der Waals surface area contributed by atoms with Gasteiger partial charge in [0.15, 0.2) is 5.43 Å². The number of carbonyl (C=O) groups is 1. The summed E-state index contributed by atoms with van der Waals surface area (Å²) in [6.45, 7) is 4.75. The van der Waals surface area contributed by atoms with Crippen LogP contribution in [0.1, 0.15) is 48.7 Å². The average Bonchev–Trinajstić information content (AvgIpc) is 2.69. The number of carboxylic acid groups (broad SMARTS) is 1. The van der Waals surface area contributed by atoms with Gasteiger partial charge in [0, 0.05) is 43.0 Å². The predicted octanol–water partition coefficient (Wildman–Crippen LogP) is 3.79. The van der Waals surface area contributed by atoms with Crippen molar-refractivity contribution in [1.82, 2.24) is 4.57 Å². The lowest BCUT2D eigenvalue weighted by molar-refractivity contribution is 0.0324. The highest BCUT2D eigenvalue weighted by atomic mass is 35.5. The Labute approximate surface area is 191 Å². The first kappa shape index (κ1) is 22.8. The molecule has 8 heteroatoms. The second-order valence-corrected chi connectivity index (χ2v) is 9.90. The van der Waals surface area contributed by atoms with Crippen molar-refractivity contribution in [3.63, 3.8) is 0 Å². The summed E-state index contributed by atoms with van der Waals surface area (Å²) in [6.07, 6.45) is 3.66. The lowest BCUT2D eigenvalue weighted by Crippen LogP contribution is -2.37. The molecule has 0 amide bonds. The Hall–Kier alpha value is -2.35. The van der Waals surface area contributed by atoms with E-state index < -0.39 is 11.4 Å². The number of carboxylic acids is 1. The Bertz CT molecular complexity index is 1100. The van der Waals surface area contributed by atoms with Crippen molar-refractivity contribution in [2.45, 2.75) is 45.3 Å². The molecule has 7 nitrogen and oxygen atoms in total. The molecule has 32 heavy (non-hydrogen) atoms. The van der Waals surface area contributed by atoms with Gasteiger partial charge in [-0.05, 0) is 42.9 Å². The van der Waals surface area contributed by atoms with Crippen LogP contribution in [0.2, 0.25) is 5.02 Å². The third-order valence-electron chi connectivity index (χ3n) is 6.66. The molecule has 0 radical (unpaired) electrons. The molecule has 2 aliphatic rings. The Morgan fingerprint density at radius 3 is 2.62 bits per heavy atom. The second kappa shape index (κ2) is 8.54. The molecule has 0 spiro atoms. The first-order valence-electron chi connectivity index (χ1n) is 10.7. The highest BCUT2D eigenvalue weighted by molar-refractivity contribution is 6.32. The maximum Gasteiger partial charge on any atom is 0.341 e. The van der Waals surface area contributed by atoms with Crippen molar-refractivity contribution >= 4 is 17.6 Å². The van der Waals surface area contributed by atoms with Crippen LogP contribution in [-0.2, 0) is 11.2 Å². The van der Waals surface area contributed by atoms with Crippen molar-refractivity contribution < 1.29 is 24.5 Å². The summed E-state index contributed by atoms with van der Waals surface area (Å²) in [6, 6.07) is 4.96. The Morgan fingerprint density at radius 1 is 1.28 bits per heavy atom. The van der Waals surface area contributed by atoms with Crippen LogP contribution < -0.4 is 10.2 Å². The fourth-order valence-corrected chi connectivity index (χ4v) is 5.01. The quantitative estimate of drug-likeness (QED) is 0.651. The summed E-state index contributed by atoms with van der Waals surface area (Å²) in [5.74, 6) is -0.381. The monoisotopic (exact) mass is 461 g/mol. The number of hydrogen-bond acceptors (Lipinski definition) is 5. The van der Waals surface area contributed by atoms with Crippen molar-refractivity contribution in [1.29, 1.82) is 0 Å². The van der Waals surface area contributed by atoms with Gasteiger partial charge in [-0.1, -0.05) is 25.4 Å². The number of aliphatic hydroxyl groups excluding tert-OH is 1. The molecular weight excluding hydrogens is 434 g/mol. The first-order valence-corrected chi connectivity index (χ1v) is 11.1. The van der Waals surface area contributed by atoms with E-state index in [1.807, 2.05) is 10.6 Å². The molecule has 0 saturated heterocycles. The van der Waals surface area contributed by atoms with Gasteiger partial charge in [0.25, 0.3) is 0 Å². The molecule has 2 aromatic rings. The number of methoxy groups -OCH3 is 1. The molecule has 172 valence electrons. The number of fused-ring (bicyclic) bond motifs is 3. The molecule has 1 atom stereocenters. The van der Waals surface area contributed by atoms with Gasteiger partial charge in [0.2, 0.25) is 0 Å². The van der Waals surface area contributed by atoms with Crippen LogP contribution in [0.5, 0.6) is 5.75 Å². The van der Waals surface area contributed by atoms with E-state index in [0.717, 1.165) is 24.0 Å². The number of nitrogens with zero attached hydrogens (tertiary/aromatic N) is 1. The zero-order chi connectivity index (χ0) is 23.2. The molecule has 0 bridgehead atoms. The minimum absolute atomic E-state index is 0.0278. The number of benzene rings is 1. The molecular formula is C24H28ClNO6. The smallest absolute Gasteiger partial charge is 0.341 e. The lowest BCUT2D eigenvalue weighted by atomic mass is 9.77. The van der Waals surface area contributed by atoms with Crippen LogP contribution in [-0.4, -0.2) is 47.2 Å². The summed E-state index contributed by atoms with van der Waals surface area (Å²) in [7, 11) is 1.64. The fraction of sp³-hybridized carbons (Fsp3) is 0.500. The summed E-state index contributed by atoms with van der Waals surface area (Å²) in [5, 5.41) is 19.2. The van der Waals surface area contributed by atoms with E-state index in [0.29, 0.717) is 29.5 Å². The van der Waals surface area contributed by atoms with Crippen LogP contribution in [0, 0.1) is 11.3 Å². The van der Waals surface area contributed by atoms with Gasteiger partial charge in [-0.3, -0.25) is 4.79 Å². The molecule has 1 aromatic heterocycles. The number of ether oxygens (including phenoxy) is 2. The van der Waals surface area contributed by atoms with Gasteiger partial charge in [0.1, 0.15) is 11.3 Å². The highest BCUT2D eigenvalue weighted by Gasteiger charge is 2.37. The minimum Gasteiger partial charge on any atom is -0.489 e. The molecule has 2 N–H and O–H groups in total. The van der Waals surface area contributed by atoms with Crippen LogP contribution in [0.4, 0.5) is 0 Å². The van der Waals surface area contributed by atoms with Gasteiger partial charge in [0.05, 0.1) is 23.4 Å². The van der Waals surface area contributed by atoms with E-state index >= 15 is 0 Å². The molecule has 1 fully saturated rings. The van der Waals surface area contributed by atoms with Crippen molar-refractivity contribution in [3.8, 4) is 17.0 Å². The summed E-state index contributed by atoms with van der Waals surface area (Å²) < 4.78 is 13.4. The van der Waals surface area contributed by atoms with E-state index in [-0.39, 0.29) is 35.6 Å². The van der Waals surface area contributed by atoms with E-state index in [1.165, 1.54) is 12.3 Å². The van der Waals surface area contributed by atoms with Crippen LogP contribution in [0.25, 0.3) is 11.3 Å². The third kappa shape index (κ3) is 4.05. The zero-order valence-electron chi connectivity index (χ0n) is 18.4. The average molecular weight is 462 g/mol. The molecule has 1 saturated carbocycles. The van der Waals surface area contributed by atoms with Crippen molar-refractivity contribution in [2.75, 3.05) is 20.3 Å². The topological polar surface area (TPSA) is 98.0 Å². The van der Waals surface area contributed by atoms with E-state index in [1.54, 1.807) is 13.2 Å². The maximum absolute atomic E-state index is 12.5. The fourth-order valence-electron chi connectivity index (χ4n) is 4.80. The van der Waals surface area contributed by atoms with Crippen LogP contribution in [0.15, 0.2) is 29.2 Å². The molecule has 1 aliphatic carbocycles. The normalized spacial score (nSPS) is 22.0. The standard InChI is InChI=1S/C24H28ClNO6/c1-24(2,12-31-3)22-7-14-6-21(32-15-4-13(5-15)11-27)18(25)8-16(14)19-9-20(28)17(23(29)30)10-26(19)22/h6,8-10,13,15,22,27H,4-5,7,11-12H2,1-3H3,(H,29,30)/t13?,15?,22-/m0/s1. The Balaban J connectivity index is 1.80.